The van der Waals surface area contributed by atoms with E-state index in [1.807, 2.05) is 18.2 Å². The summed E-state index contributed by atoms with van der Waals surface area (Å²) in [5, 5.41) is 12.6. The van der Waals surface area contributed by atoms with E-state index in [0.29, 0.717) is 6.61 Å². The highest BCUT2D eigenvalue weighted by Crippen LogP contribution is 2.26. The fraction of sp³-hybridized carbons (Fsp3) is 0.571. The molecular weight excluding hydrogens is 294 g/mol. The minimum Gasteiger partial charge on any atom is -0.490 e. The van der Waals surface area contributed by atoms with Crippen molar-refractivity contribution in [2.75, 3.05) is 6.61 Å². The quantitative estimate of drug-likeness (QED) is 0.877. The normalized spacial score (nSPS) is 13.4. The van der Waals surface area contributed by atoms with Gasteiger partial charge >= 0.3 is 0 Å². The van der Waals surface area contributed by atoms with Crippen molar-refractivity contribution in [1.29, 1.82) is 0 Å². The molecule has 0 fully saturated rings. The largest absolute Gasteiger partial charge is 0.490 e. The van der Waals surface area contributed by atoms with Crippen molar-refractivity contribution in [3.05, 3.63) is 28.2 Å². The first-order valence-corrected chi connectivity index (χ1v) is 6.91. The van der Waals surface area contributed by atoms with Crippen molar-refractivity contribution in [1.82, 2.24) is 5.32 Å². The van der Waals surface area contributed by atoms with E-state index < -0.39 is 6.10 Å². The number of nitrogens with one attached hydrogen (secondary N) is 1. The first-order chi connectivity index (χ1) is 8.28. The minimum absolute atomic E-state index is 0.105. The Balaban J connectivity index is 2.62. The van der Waals surface area contributed by atoms with Crippen LogP contribution in [0.5, 0.6) is 5.75 Å². The molecule has 0 spiro atoms. The van der Waals surface area contributed by atoms with Gasteiger partial charge in [0.2, 0.25) is 0 Å². The number of benzene rings is 1. The molecule has 4 heteroatoms. The fourth-order valence-corrected chi connectivity index (χ4v) is 1.89. The van der Waals surface area contributed by atoms with Gasteiger partial charge in [0.05, 0.1) is 10.6 Å². The molecule has 2 N–H and O–H groups in total. The third kappa shape index (κ3) is 5.85. The van der Waals surface area contributed by atoms with Crippen LogP contribution in [0.1, 0.15) is 33.3 Å². The standard InChI is InChI=1S/C14H22BrNO2/c1-10(17)9-18-13-6-5-11(7-12(13)15)8-16-14(2,3)4/h5-7,10,16-17H,8-9H2,1-4H3. The predicted molar refractivity (Wildman–Crippen MR) is 77.9 cm³/mol. The van der Waals surface area contributed by atoms with Gasteiger partial charge in [-0.2, -0.15) is 0 Å². The van der Waals surface area contributed by atoms with Crippen molar-refractivity contribution in [2.24, 2.45) is 0 Å². The van der Waals surface area contributed by atoms with Crippen LogP contribution in [0.2, 0.25) is 0 Å². The Morgan fingerprint density at radius 2 is 2.06 bits per heavy atom. The second-order valence-corrected chi connectivity index (χ2v) is 6.38. The van der Waals surface area contributed by atoms with Crippen LogP contribution in [-0.2, 0) is 6.54 Å². The second kappa shape index (κ2) is 6.55. The summed E-state index contributed by atoms with van der Waals surface area (Å²) < 4.78 is 6.39. The molecule has 0 aromatic heterocycles. The van der Waals surface area contributed by atoms with Crippen molar-refractivity contribution in [2.45, 2.75) is 45.9 Å². The Hall–Kier alpha value is -0.580. The molecule has 1 aromatic rings. The number of aliphatic hydroxyl groups excluding tert-OH is 1. The van der Waals surface area contributed by atoms with Gasteiger partial charge in [-0.05, 0) is 61.3 Å². The van der Waals surface area contributed by atoms with Crippen LogP contribution < -0.4 is 10.1 Å². The molecule has 0 saturated heterocycles. The molecule has 1 atom stereocenters. The lowest BCUT2D eigenvalue weighted by Crippen LogP contribution is -2.35. The molecule has 0 saturated carbocycles. The molecule has 0 amide bonds. The van der Waals surface area contributed by atoms with E-state index in [4.69, 9.17) is 4.74 Å². The monoisotopic (exact) mass is 315 g/mol. The molecule has 1 aromatic carbocycles. The molecule has 0 aliphatic carbocycles. The Labute approximate surface area is 118 Å². The summed E-state index contributed by atoms with van der Waals surface area (Å²) in [7, 11) is 0. The van der Waals surface area contributed by atoms with Crippen molar-refractivity contribution in [3.63, 3.8) is 0 Å². The van der Waals surface area contributed by atoms with Gasteiger partial charge in [-0.25, -0.2) is 0 Å². The van der Waals surface area contributed by atoms with Crippen LogP contribution in [0, 0.1) is 0 Å². The predicted octanol–water partition coefficient (Wildman–Crippen LogP) is 3.10. The smallest absolute Gasteiger partial charge is 0.133 e. The van der Waals surface area contributed by atoms with Gasteiger partial charge in [0.1, 0.15) is 12.4 Å². The number of ether oxygens (including phenoxy) is 1. The van der Waals surface area contributed by atoms with Gasteiger partial charge in [0.25, 0.3) is 0 Å². The highest BCUT2D eigenvalue weighted by atomic mass is 79.9. The lowest BCUT2D eigenvalue weighted by molar-refractivity contribution is 0.122. The van der Waals surface area contributed by atoms with E-state index in [2.05, 4.69) is 42.0 Å². The average Bonchev–Trinajstić information content (AvgIpc) is 2.24. The Morgan fingerprint density at radius 3 is 2.56 bits per heavy atom. The highest BCUT2D eigenvalue weighted by molar-refractivity contribution is 9.10. The Bertz CT molecular complexity index is 386. The van der Waals surface area contributed by atoms with Crippen LogP contribution in [-0.4, -0.2) is 23.4 Å². The summed E-state index contributed by atoms with van der Waals surface area (Å²) in [4.78, 5) is 0. The maximum absolute atomic E-state index is 9.18. The third-order valence-electron chi connectivity index (χ3n) is 2.30. The zero-order chi connectivity index (χ0) is 13.8. The topological polar surface area (TPSA) is 41.5 Å². The Morgan fingerprint density at radius 1 is 1.39 bits per heavy atom. The van der Waals surface area contributed by atoms with Gasteiger partial charge in [0, 0.05) is 12.1 Å². The summed E-state index contributed by atoms with van der Waals surface area (Å²) in [6, 6.07) is 5.99. The number of rotatable bonds is 5. The molecule has 18 heavy (non-hydrogen) atoms. The SMILES string of the molecule is CC(O)COc1ccc(CNC(C)(C)C)cc1Br. The van der Waals surface area contributed by atoms with E-state index in [0.717, 1.165) is 16.8 Å². The average molecular weight is 316 g/mol. The summed E-state index contributed by atoms with van der Waals surface area (Å²) in [6.45, 7) is 9.25. The molecule has 102 valence electrons. The maximum Gasteiger partial charge on any atom is 0.133 e. The van der Waals surface area contributed by atoms with E-state index in [9.17, 15) is 5.11 Å². The zero-order valence-corrected chi connectivity index (χ0v) is 13.0. The van der Waals surface area contributed by atoms with Gasteiger partial charge < -0.3 is 15.2 Å². The van der Waals surface area contributed by atoms with E-state index >= 15 is 0 Å². The molecule has 0 heterocycles. The maximum atomic E-state index is 9.18. The minimum atomic E-state index is -0.459. The van der Waals surface area contributed by atoms with Gasteiger partial charge in [-0.3, -0.25) is 0 Å². The molecule has 0 radical (unpaired) electrons. The van der Waals surface area contributed by atoms with Gasteiger partial charge in [-0.1, -0.05) is 6.07 Å². The number of aliphatic hydroxyl groups is 1. The number of hydrogen-bond acceptors (Lipinski definition) is 3. The van der Waals surface area contributed by atoms with Crippen LogP contribution in [0.15, 0.2) is 22.7 Å². The zero-order valence-electron chi connectivity index (χ0n) is 11.5. The second-order valence-electron chi connectivity index (χ2n) is 5.53. The molecule has 1 rings (SSSR count). The van der Waals surface area contributed by atoms with Crippen LogP contribution in [0.4, 0.5) is 0 Å². The van der Waals surface area contributed by atoms with E-state index in [-0.39, 0.29) is 5.54 Å². The van der Waals surface area contributed by atoms with Crippen molar-refractivity contribution >= 4 is 15.9 Å². The van der Waals surface area contributed by atoms with E-state index in [1.54, 1.807) is 6.92 Å². The summed E-state index contributed by atoms with van der Waals surface area (Å²) >= 11 is 3.48. The van der Waals surface area contributed by atoms with E-state index in [1.165, 1.54) is 5.56 Å². The fourth-order valence-electron chi connectivity index (χ4n) is 1.35. The number of hydrogen-bond donors (Lipinski definition) is 2. The molecule has 1 unspecified atom stereocenters. The van der Waals surface area contributed by atoms with Crippen LogP contribution >= 0.6 is 15.9 Å². The molecule has 0 bridgehead atoms. The molecule has 0 aliphatic heterocycles. The van der Waals surface area contributed by atoms with Crippen LogP contribution in [0.25, 0.3) is 0 Å². The summed E-state index contributed by atoms with van der Waals surface area (Å²) in [5.41, 5.74) is 1.30. The van der Waals surface area contributed by atoms with Gasteiger partial charge in [-0.15, -0.1) is 0 Å². The summed E-state index contributed by atoms with van der Waals surface area (Å²) in [6.07, 6.45) is -0.459. The first-order valence-electron chi connectivity index (χ1n) is 6.12. The number of halogens is 1. The lowest BCUT2D eigenvalue weighted by Gasteiger charge is -2.20. The van der Waals surface area contributed by atoms with Crippen molar-refractivity contribution in [3.8, 4) is 5.75 Å². The Kier molecular flexibility index (Phi) is 5.63. The molecule has 3 nitrogen and oxygen atoms in total. The highest BCUT2D eigenvalue weighted by Gasteiger charge is 2.09. The summed E-state index contributed by atoms with van der Waals surface area (Å²) in [5.74, 6) is 0.760. The van der Waals surface area contributed by atoms with Crippen molar-refractivity contribution < 1.29 is 9.84 Å². The third-order valence-corrected chi connectivity index (χ3v) is 2.92. The van der Waals surface area contributed by atoms with Gasteiger partial charge in [0.15, 0.2) is 0 Å². The lowest BCUT2D eigenvalue weighted by atomic mass is 10.1. The first kappa shape index (κ1) is 15.5. The molecular formula is C14H22BrNO2. The molecule has 0 aliphatic rings. The van der Waals surface area contributed by atoms with Crippen LogP contribution in [0.3, 0.4) is 0 Å².